The Kier molecular flexibility index (Phi) is 6.86. The Morgan fingerprint density at radius 1 is 1.12 bits per heavy atom. The Labute approximate surface area is 160 Å². The molecule has 0 aliphatic carbocycles. The van der Waals surface area contributed by atoms with Crippen molar-refractivity contribution in [3.8, 4) is 5.75 Å². The van der Waals surface area contributed by atoms with E-state index in [1.807, 2.05) is 6.07 Å². The first-order chi connectivity index (χ1) is 11.9. The maximum atomic E-state index is 12.0. The molecule has 0 N–H and O–H groups in total. The molecule has 0 fully saturated rings. The summed E-state index contributed by atoms with van der Waals surface area (Å²) in [4.78, 5) is 11.7. The summed E-state index contributed by atoms with van der Waals surface area (Å²) in [7, 11) is 0.559. The molecule has 0 bridgehead atoms. The minimum atomic E-state index is -2.22. The van der Waals surface area contributed by atoms with Crippen LogP contribution < -0.4 is 4.74 Å². The lowest BCUT2D eigenvalue weighted by atomic mass is 10.1. The lowest BCUT2D eigenvalue weighted by molar-refractivity contribution is 0.0601. The van der Waals surface area contributed by atoms with Gasteiger partial charge in [-0.1, -0.05) is 35.3 Å². The summed E-state index contributed by atoms with van der Waals surface area (Å²) in [6.45, 7) is 0. The van der Waals surface area contributed by atoms with E-state index in [-0.39, 0.29) is 15.6 Å². The van der Waals surface area contributed by atoms with Crippen LogP contribution in [0.4, 0.5) is 0 Å². The Bertz CT molecular complexity index is 842. The number of rotatable bonds is 5. The molecule has 2 aromatic carbocycles. The van der Waals surface area contributed by atoms with Crippen molar-refractivity contribution >= 4 is 59.0 Å². The molecule has 0 radical (unpaired) electrons. The van der Waals surface area contributed by atoms with Crippen LogP contribution in [-0.2, 0) is 9.30 Å². The van der Waals surface area contributed by atoms with Gasteiger partial charge < -0.3 is 9.47 Å². The number of hydrogen-bond donors (Lipinski definition) is 0. The molecule has 2 aromatic rings. The third-order valence-electron chi connectivity index (χ3n) is 3.31. The van der Waals surface area contributed by atoms with Crippen LogP contribution in [0.3, 0.4) is 0 Å². The lowest BCUT2D eigenvalue weighted by Gasteiger charge is -2.07. The van der Waals surface area contributed by atoms with Gasteiger partial charge in [-0.05, 0) is 34.4 Å². The number of carbonyl (C=O) groups excluding carboxylic acids is 1. The highest BCUT2D eigenvalue weighted by Crippen LogP contribution is 2.47. The maximum absolute atomic E-state index is 12.0. The molecule has 4 nitrogen and oxygen atoms in total. The number of methoxy groups -OCH3 is 2. The number of halogens is 3. The van der Waals surface area contributed by atoms with E-state index in [9.17, 15) is 9.36 Å². The van der Waals surface area contributed by atoms with E-state index in [2.05, 4.69) is 4.74 Å². The standard InChI is InChI=1S/C17H13Cl3O4P/c1-23-12-5-3-4-10(6-12)7-15(25(20)22)11-8-13(18)16(14(19)9-11)17(21)24-2/h3-9H,1-2H3/q+1. The van der Waals surface area contributed by atoms with Gasteiger partial charge in [-0.2, -0.15) is 0 Å². The van der Waals surface area contributed by atoms with Gasteiger partial charge in [0.05, 0.1) is 29.8 Å². The highest BCUT2D eigenvalue weighted by Gasteiger charge is 2.27. The largest absolute Gasteiger partial charge is 0.497 e. The number of carbonyl (C=O) groups is 1. The molecule has 1 unspecified atom stereocenters. The lowest BCUT2D eigenvalue weighted by Crippen LogP contribution is -2.03. The highest BCUT2D eigenvalue weighted by atomic mass is 35.7. The Balaban J connectivity index is 2.56. The minimum Gasteiger partial charge on any atom is -0.497 e. The van der Waals surface area contributed by atoms with Gasteiger partial charge in [0.2, 0.25) is 16.6 Å². The summed E-state index contributed by atoms with van der Waals surface area (Å²) < 4.78 is 21.9. The molecule has 0 aromatic heterocycles. The third-order valence-corrected chi connectivity index (χ3v) is 5.22. The van der Waals surface area contributed by atoms with E-state index in [1.54, 1.807) is 31.4 Å². The summed E-state index contributed by atoms with van der Waals surface area (Å²) >= 11 is 18.1. The molecule has 130 valence electrons. The Morgan fingerprint density at radius 2 is 1.76 bits per heavy atom. The fourth-order valence-electron chi connectivity index (χ4n) is 2.14. The normalized spacial score (nSPS) is 11.9. The van der Waals surface area contributed by atoms with E-state index >= 15 is 0 Å². The van der Waals surface area contributed by atoms with Crippen LogP contribution in [0.25, 0.3) is 11.4 Å². The van der Waals surface area contributed by atoms with Crippen LogP contribution in [-0.4, -0.2) is 20.2 Å². The van der Waals surface area contributed by atoms with E-state index in [4.69, 9.17) is 39.2 Å². The van der Waals surface area contributed by atoms with Crippen LogP contribution in [0.15, 0.2) is 36.4 Å². The first-order valence-corrected chi connectivity index (χ1v) is 9.86. The van der Waals surface area contributed by atoms with Crippen molar-refractivity contribution in [2.75, 3.05) is 14.2 Å². The smallest absolute Gasteiger partial charge is 0.494 e. The van der Waals surface area contributed by atoms with E-state index in [0.29, 0.717) is 16.6 Å². The molecule has 0 saturated heterocycles. The van der Waals surface area contributed by atoms with Crippen molar-refractivity contribution in [3.05, 3.63) is 63.1 Å². The maximum Gasteiger partial charge on any atom is 0.494 e. The van der Waals surface area contributed by atoms with Crippen molar-refractivity contribution in [2.45, 2.75) is 0 Å². The van der Waals surface area contributed by atoms with Gasteiger partial charge in [0.25, 0.3) is 0 Å². The molecule has 25 heavy (non-hydrogen) atoms. The molecule has 0 spiro atoms. The zero-order valence-electron chi connectivity index (χ0n) is 13.3. The SMILES string of the molecule is COC(=O)c1c(Cl)cc(C(=Cc2cccc(OC)c2)[P+](=O)Cl)cc1Cl. The molecular formula is C17H13Cl3O4P+. The van der Waals surface area contributed by atoms with Crippen molar-refractivity contribution in [3.63, 3.8) is 0 Å². The van der Waals surface area contributed by atoms with E-state index in [1.165, 1.54) is 19.2 Å². The highest BCUT2D eigenvalue weighted by molar-refractivity contribution is 7.82. The zero-order chi connectivity index (χ0) is 18.6. The number of esters is 1. The van der Waals surface area contributed by atoms with Crippen LogP contribution in [0.2, 0.25) is 10.0 Å². The second-order valence-electron chi connectivity index (χ2n) is 4.86. The Morgan fingerprint density at radius 3 is 2.28 bits per heavy atom. The predicted molar refractivity (Wildman–Crippen MR) is 102 cm³/mol. The first kappa shape index (κ1) is 19.7. The van der Waals surface area contributed by atoms with Gasteiger partial charge in [0.15, 0.2) is 0 Å². The summed E-state index contributed by atoms with van der Waals surface area (Å²) in [5.41, 5.74) is 1.23. The van der Waals surface area contributed by atoms with Gasteiger partial charge in [-0.25, -0.2) is 4.79 Å². The molecule has 0 heterocycles. The van der Waals surface area contributed by atoms with Crippen molar-refractivity contribution in [1.29, 1.82) is 0 Å². The summed E-state index contributed by atoms with van der Waals surface area (Å²) in [5, 5.41) is 0.490. The molecular weight excluding hydrogens is 406 g/mol. The molecule has 2 rings (SSSR count). The quantitative estimate of drug-likeness (QED) is 0.326. The van der Waals surface area contributed by atoms with E-state index < -0.39 is 13.1 Å². The average molecular weight is 419 g/mol. The van der Waals surface area contributed by atoms with Gasteiger partial charge in [0, 0.05) is 11.6 Å². The fraction of sp³-hybridized carbons (Fsp3) is 0.118. The van der Waals surface area contributed by atoms with Crippen molar-refractivity contribution < 1.29 is 18.8 Å². The van der Waals surface area contributed by atoms with Gasteiger partial charge in [-0.15, -0.1) is 0 Å². The fourth-order valence-corrected chi connectivity index (χ4v) is 3.81. The molecule has 0 aliphatic heterocycles. The van der Waals surface area contributed by atoms with Crippen LogP contribution in [0, 0.1) is 0 Å². The monoisotopic (exact) mass is 417 g/mol. The van der Waals surface area contributed by atoms with Crippen molar-refractivity contribution in [1.82, 2.24) is 0 Å². The predicted octanol–water partition coefficient (Wildman–Crippen LogP) is 6.27. The van der Waals surface area contributed by atoms with Crippen molar-refractivity contribution in [2.24, 2.45) is 0 Å². The van der Waals surface area contributed by atoms with Gasteiger partial charge >= 0.3 is 13.1 Å². The first-order valence-electron chi connectivity index (χ1n) is 6.94. The molecule has 0 saturated carbocycles. The molecule has 0 aliphatic rings. The minimum absolute atomic E-state index is 0.0418. The van der Waals surface area contributed by atoms with E-state index in [0.717, 1.165) is 5.56 Å². The second-order valence-corrected chi connectivity index (χ2v) is 7.56. The topological polar surface area (TPSA) is 52.6 Å². The summed E-state index contributed by atoms with van der Waals surface area (Å²) in [6, 6.07) is 10.1. The number of ether oxygens (including phenoxy) is 2. The molecule has 0 amide bonds. The molecule has 8 heteroatoms. The van der Waals surface area contributed by atoms with Crippen LogP contribution in [0.5, 0.6) is 5.75 Å². The van der Waals surface area contributed by atoms with Gasteiger partial charge in [-0.3, -0.25) is 0 Å². The van der Waals surface area contributed by atoms with Crippen LogP contribution >= 0.6 is 41.6 Å². The Hall–Kier alpha value is -1.58. The second kappa shape index (κ2) is 8.68. The average Bonchev–Trinajstić information content (AvgIpc) is 2.58. The summed E-state index contributed by atoms with van der Waals surface area (Å²) in [5.74, 6) is -0.00913. The summed E-state index contributed by atoms with van der Waals surface area (Å²) in [6.07, 6.45) is 1.65. The number of benzene rings is 2. The number of hydrogen-bond acceptors (Lipinski definition) is 4. The van der Waals surface area contributed by atoms with Gasteiger partial charge in [0.1, 0.15) is 5.75 Å². The zero-order valence-corrected chi connectivity index (χ0v) is 16.4. The third kappa shape index (κ3) is 4.74. The van der Waals surface area contributed by atoms with Crippen LogP contribution in [0.1, 0.15) is 21.5 Å². The molecule has 1 atom stereocenters.